The van der Waals surface area contributed by atoms with E-state index in [1.807, 2.05) is 0 Å². The molecule has 5 heteroatoms. The van der Waals surface area contributed by atoms with Crippen LogP contribution in [0.3, 0.4) is 0 Å². The molecule has 3 atom stereocenters. The fourth-order valence-electron chi connectivity index (χ4n) is 2.00. The standard InChI is InChI=1S/C11H20N2O3/c1-7(12-2)10(14)13-9-5-3-4-8(6-9)11(15)16/h7-9,12H,3-6H2,1-2H3,(H,13,14)(H,15,16). The lowest BCUT2D eigenvalue weighted by Crippen LogP contribution is -2.47. The molecule has 0 spiro atoms. The summed E-state index contributed by atoms with van der Waals surface area (Å²) in [5.41, 5.74) is 0. The lowest BCUT2D eigenvalue weighted by atomic mass is 9.85. The van der Waals surface area contributed by atoms with E-state index >= 15 is 0 Å². The Morgan fingerprint density at radius 3 is 2.62 bits per heavy atom. The van der Waals surface area contributed by atoms with Gasteiger partial charge < -0.3 is 15.7 Å². The Morgan fingerprint density at radius 2 is 2.06 bits per heavy atom. The summed E-state index contributed by atoms with van der Waals surface area (Å²) in [6, 6.07) is -0.219. The molecule has 0 bridgehead atoms. The van der Waals surface area contributed by atoms with Crippen LogP contribution in [0.15, 0.2) is 0 Å². The van der Waals surface area contributed by atoms with E-state index in [1.165, 1.54) is 0 Å². The molecule has 1 aliphatic rings. The molecule has 0 aromatic carbocycles. The number of nitrogens with one attached hydrogen (secondary N) is 2. The smallest absolute Gasteiger partial charge is 0.306 e. The summed E-state index contributed by atoms with van der Waals surface area (Å²) in [5.74, 6) is -1.11. The van der Waals surface area contributed by atoms with Crippen LogP contribution in [0.25, 0.3) is 0 Å². The molecular formula is C11H20N2O3. The zero-order valence-electron chi connectivity index (χ0n) is 9.82. The van der Waals surface area contributed by atoms with E-state index in [0.717, 1.165) is 19.3 Å². The topological polar surface area (TPSA) is 78.4 Å². The number of hydrogen-bond donors (Lipinski definition) is 3. The number of carbonyl (C=O) groups is 2. The molecular weight excluding hydrogens is 208 g/mol. The molecule has 1 saturated carbocycles. The number of hydrogen-bond acceptors (Lipinski definition) is 3. The molecule has 92 valence electrons. The molecule has 1 fully saturated rings. The number of amides is 1. The highest BCUT2D eigenvalue weighted by atomic mass is 16.4. The van der Waals surface area contributed by atoms with E-state index in [1.54, 1.807) is 14.0 Å². The van der Waals surface area contributed by atoms with Crippen molar-refractivity contribution in [2.24, 2.45) is 5.92 Å². The summed E-state index contributed by atoms with van der Waals surface area (Å²) in [5, 5.41) is 14.7. The van der Waals surface area contributed by atoms with Gasteiger partial charge in [-0.15, -0.1) is 0 Å². The van der Waals surface area contributed by atoms with Crippen molar-refractivity contribution in [3.05, 3.63) is 0 Å². The molecule has 0 aliphatic heterocycles. The zero-order valence-corrected chi connectivity index (χ0v) is 9.82. The highest BCUT2D eigenvalue weighted by molar-refractivity contribution is 5.81. The molecule has 0 aromatic heterocycles. The van der Waals surface area contributed by atoms with E-state index in [0.29, 0.717) is 6.42 Å². The first-order valence-corrected chi connectivity index (χ1v) is 5.75. The molecule has 0 saturated heterocycles. The van der Waals surface area contributed by atoms with Gasteiger partial charge in [-0.05, 0) is 33.2 Å². The number of carbonyl (C=O) groups excluding carboxylic acids is 1. The van der Waals surface area contributed by atoms with Gasteiger partial charge in [0, 0.05) is 6.04 Å². The maximum Gasteiger partial charge on any atom is 0.306 e. The molecule has 0 radical (unpaired) electrons. The van der Waals surface area contributed by atoms with Crippen molar-refractivity contribution in [1.82, 2.24) is 10.6 Å². The quantitative estimate of drug-likeness (QED) is 0.649. The van der Waals surface area contributed by atoms with Gasteiger partial charge in [0.2, 0.25) is 5.91 Å². The van der Waals surface area contributed by atoms with E-state index in [2.05, 4.69) is 10.6 Å². The Morgan fingerprint density at radius 1 is 1.38 bits per heavy atom. The second-order valence-electron chi connectivity index (χ2n) is 4.42. The molecule has 3 unspecified atom stereocenters. The molecule has 1 amide bonds. The second-order valence-corrected chi connectivity index (χ2v) is 4.42. The first-order chi connectivity index (χ1) is 7.54. The second kappa shape index (κ2) is 5.84. The fraction of sp³-hybridized carbons (Fsp3) is 0.818. The molecule has 16 heavy (non-hydrogen) atoms. The highest BCUT2D eigenvalue weighted by Crippen LogP contribution is 2.24. The Kier molecular flexibility index (Phi) is 4.73. The van der Waals surface area contributed by atoms with E-state index in [-0.39, 0.29) is 23.9 Å². The van der Waals surface area contributed by atoms with Crippen molar-refractivity contribution in [2.75, 3.05) is 7.05 Å². The third kappa shape index (κ3) is 3.48. The van der Waals surface area contributed by atoms with Crippen LogP contribution in [-0.2, 0) is 9.59 Å². The van der Waals surface area contributed by atoms with Gasteiger partial charge in [-0.25, -0.2) is 0 Å². The zero-order chi connectivity index (χ0) is 12.1. The SMILES string of the molecule is CNC(C)C(=O)NC1CCCC(C(=O)O)C1. The molecule has 3 N–H and O–H groups in total. The van der Waals surface area contributed by atoms with E-state index in [9.17, 15) is 9.59 Å². The Bertz CT molecular complexity index is 268. The first kappa shape index (κ1) is 13.0. The monoisotopic (exact) mass is 228 g/mol. The number of aliphatic carboxylic acids is 1. The van der Waals surface area contributed by atoms with Crippen LogP contribution in [0.1, 0.15) is 32.6 Å². The lowest BCUT2D eigenvalue weighted by molar-refractivity contribution is -0.143. The maximum atomic E-state index is 11.6. The van der Waals surface area contributed by atoms with Crippen LogP contribution in [0.4, 0.5) is 0 Å². The predicted molar refractivity (Wildman–Crippen MR) is 60.0 cm³/mol. The summed E-state index contributed by atoms with van der Waals surface area (Å²) in [6.45, 7) is 1.78. The average Bonchev–Trinajstić information content (AvgIpc) is 2.28. The fourth-order valence-corrected chi connectivity index (χ4v) is 2.00. The van der Waals surface area contributed by atoms with Crippen molar-refractivity contribution in [3.8, 4) is 0 Å². The minimum atomic E-state index is -0.749. The third-order valence-electron chi connectivity index (χ3n) is 3.20. The summed E-state index contributed by atoms with van der Waals surface area (Å²) in [4.78, 5) is 22.4. The third-order valence-corrected chi connectivity index (χ3v) is 3.20. The van der Waals surface area contributed by atoms with Crippen LogP contribution in [-0.4, -0.2) is 36.1 Å². The van der Waals surface area contributed by atoms with Gasteiger partial charge in [-0.3, -0.25) is 9.59 Å². The van der Waals surface area contributed by atoms with Gasteiger partial charge in [0.05, 0.1) is 12.0 Å². The predicted octanol–water partition coefficient (Wildman–Crippen LogP) is 0.354. The van der Waals surface area contributed by atoms with Crippen molar-refractivity contribution >= 4 is 11.9 Å². The van der Waals surface area contributed by atoms with Crippen molar-refractivity contribution in [1.29, 1.82) is 0 Å². The molecule has 1 rings (SSSR count). The molecule has 1 aliphatic carbocycles. The van der Waals surface area contributed by atoms with Crippen LogP contribution in [0, 0.1) is 5.92 Å². The normalized spacial score (nSPS) is 27.1. The highest BCUT2D eigenvalue weighted by Gasteiger charge is 2.28. The van der Waals surface area contributed by atoms with Crippen LogP contribution < -0.4 is 10.6 Å². The van der Waals surface area contributed by atoms with E-state index < -0.39 is 5.97 Å². The van der Waals surface area contributed by atoms with Crippen LogP contribution in [0.5, 0.6) is 0 Å². The van der Waals surface area contributed by atoms with Gasteiger partial charge in [0.1, 0.15) is 0 Å². The number of likely N-dealkylation sites (N-methyl/N-ethyl adjacent to an activating group) is 1. The van der Waals surface area contributed by atoms with Crippen LogP contribution in [0.2, 0.25) is 0 Å². The van der Waals surface area contributed by atoms with Crippen molar-refractivity contribution < 1.29 is 14.7 Å². The number of carboxylic acids is 1. The van der Waals surface area contributed by atoms with E-state index in [4.69, 9.17) is 5.11 Å². The largest absolute Gasteiger partial charge is 0.481 e. The maximum absolute atomic E-state index is 11.6. The van der Waals surface area contributed by atoms with Crippen molar-refractivity contribution in [3.63, 3.8) is 0 Å². The van der Waals surface area contributed by atoms with Gasteiger partial charge >= 0.3 is 5.97 Å². The molecule has 0 aromatic rings. The summed E-state index contributed by atoms with van der Waals surface area (Å²) in [7, 11) is 1.73. The lowest BCUT2D eigenvalue weighted by Gasteiger charge is -2.28. The van der Waals surface area contributed by atoms with Crippen molar-refractivity contribution in [2.45, 2.75) is 44.7 Å². The number of rotatable bonds is 4. The van der Waals surface area contributed by atoms with Gasteiger partial charge in [-0.1, -0.05) is 6.42 Å². The van der Waals surface area contributed by atoms with Crippen LogP contribution >= 0.6 is 0 Å². The summed E-state index contributed by atoms with van der Waals surface area (Å²) in [6.07, 6.45) is 3.03. The Labute approximate surface area is 95.6 Å². The first-order valence-electron chi connectivity index (χ1n) is 5.75. The summed E-state index contributed by atoms with van der Waals surface area (Å²) >= 11 is 0. The molecule has 0 heterocycles. The number of carboxylic acid groups (broad SMARTS) is 1. The van der Waals surface area contributed by atoms with Gasteiger partial charge in [0.25, 0.3) is 0 Å². The summed E-state index contributed by atoms with van der Waals surface area (Å²) < 4.78 is 0. The van der Waals surface area contributed by atoms with Gasteiger partial charge in [0.15, 0.2) is 0 Å². The Hall–Kier alpha value is -1.10. The van der Waals surface area contributed by atoms with Gasteiger partial charge in [-0.2, -0.15) is 0 Å². The molecule has 5 nitrogen and oxygen atoms in total. The average molecular weight is 228 g/mol. The Balaban J connectivity index is 2.43. The minimum Gasteiger partial charge on any atom is -0.481 e. The minimum absolute atomic E-state index is 0.0122.